The molecule has 0 aliphatic rings. The Morgan fingerprint density at radius 3 is 2.39 bits per heavy atom. The van der Waals surface area contributed by atoms with Gasteiger partial charge >= 0.3 is 0 Å². The van der Waals surface area contributed by atoms with Crippen LogP contribution in [0.2, 0.25) is 0 Å². The van der Waals surface area contributed by atoms with Crippen LogP contribution in [0.3, 0.4) is 0 Å². The maximum Gasteiger partial charge on any atom is 0.264 e. The first-order valence-electron chi connectivity index (χ1n) is 10.6. The normalized spacial score (nSPS) is 14.3. The van der Waals surface area contributed by atoms with E-state index in [-0.39, 0.29) is 35.0 Å². The smallest absolute Gasteiger partial charge is 0.264 e. The fourth-order valence-electron chi connectivity index (χ4n) is 3.17. The number of amidine groups is 1. The molecule has 1 rings (SSSR count). The van der Waals surface area contributed by atoms with Crippen LogP contribution in [0.1, 0.15) is 44.5 Å². The molecule has 0 bridgehead atoms. The molecule has 1 atom stereocenters. The number of hydrogen-bond acceptors (Lipinski definition) is 6. The third-order valence-corrected chi connectivity index (χ3v) is 6.03. The number of sulfonamides is 1. The van der Waals surface area contributed by atoms with Gasteiger partial charge in [-0.15, -0.1) is 0 Å². The second-order valence-corrected chi connectivity index (χ2v) is 10.2. The lowest BCUT2D eigenvalue weighted by Gasteiger charge is -2.34. The number of amides is 1. The summed E-state index contributed by atoms with van der Waals surface area (Å²) >= 11 is 0. The van der Waals surface area contributed by atoms with Gasteiger partial charge < -0.3 is 15.3 Å². The minimum absolute atomic E-state index is 0.0695. The van der Waals surface area contributed by atoms with Gasteiger partial charge in [0.05, 0.1) is 24.1 Å². The maximum absolute atomic E-state index is 13.6. The van der Waals surface area contributed by atoms with Gasteiger partial charge in [-0.05, 0) is 37.0 Å². The summed E-state index contributed by atoms with van der Waals surface area (Å²) in [6.07, 6.45) is 2.11. The molecule has 10 nitrogen and oxygen atoms in total. The summed E-state index contributed by atoms with van der Waals surface area (Å²) in [4.78, 5) is 27.1. The second-order valence-electron chi connectivity index (χ2n) is 8.52. The van der Waals surface area contributed by atoms with Gasteiger partial charge in [0.1, 0.15) is 5.84 Å². The molecule has 1 aromatic rings. The SMILES string of the molecule is CC=NC(CN(C(=O)c1cccc(S(=O)(=O)NC(=NC)NC)c1)[C@@H](CO)CC(C)(C)C)=NC. The van der Waals surface area contributed by atoms with E-state index in [0.717, 1.165) is 0 Å². The van der Waals surface area contributed by atoms with Gasteiger partial charge in [-0.1, -0.05) is 26.8 Å². The number of nitrogens with one attached hydrogen (secondary N) is 2. The van der Waals surface area contributed by atoms with Crippen molar-refractivity contribution < 1.29 is 18.3 Å². The fraction of sp³-hybridized carbons (Fsp3) is 0.545. The number of guanidine groups is 1. The van der Waals surface area contributed by atoms with Gasteiger partial charge in [0.25, 0.3) is 15.9 Å². The van der Waals surface area contributed by atoms with E-state index in [0.29, 0.717) is 12.3 Å². The fourth-order valence-corrected chi connectivity index (χ4v) is 4.28. The Labute approximate surface area is 197 Å². The maximum atomic E-state index is 13.6. The van der Waals surface area contributed by atoms with E-state index in [1.807, 2.05) is 20.8 Å². The van der Waals surface area contributed by atoms with Crippen molar-refractivity contribution in [3.8, 4) is 0 Å². The Morgan fingerprint density at radius 2 is 1.91 bits per heavy atom. The Hall–Kier alpha value is -2.79. The zero-order valence-corrected chi connectivity index (χ0v) is 21.3. The highest BCUT2D eigenvalue weighted by molar-refractivity contribution is 7.90. The molecule has 1 amide bonds. The van der Waals surface area contributed by atoms with Gasteiger partial charge in [0.2, 0.25) is 5.96 Å². The predicted octanol–water partition coefficient (Wildman–Crippen LogP) is 1.53. The summed E-state index contributed by atoms with van der Waals surface area (Å²) in [5, 5.41) is 12.8. The summed E-state index contributed by atoms with van der Waals surface area (Å²) < 4.78 is 27.8. The number of aliphatic hydroxyl groups excluding tert-OH is 1. The molecular weight excluding hydrogens is 444 g/mol. The van der Waals surface area contributed by atoms with Crippen LogP contribution < -0.4 is 10.0 Å². The highest BCUT2D eigenvalue weighted by Gasteiger charge is 2.30. The number of benzene rings is 1. The lowest BCUT2D eigenvalue weighted by molar-refractivity contribution is 0.0562. The molecule has 0 unspecified atom stereocenters. The van der Waals surface area contributed by atoms with E-state index < -0.39 is 22.0 Å². The number of nitrogens with zero attached hydrogens (tertiary/aromatic N) is 4. The van der Waals surface area contributed by atoms with Crippen molar-refractivity contribution in [2.24, 2.45) is 20.4 Å². The van der Waals surface area contributed by atoms with Crippen molar-refractivity contribution in [2.45, 2.75) is 45.1 Å². The number of hydrogen-bond donors (Lipinski definition) is 3. The number of aliphatic imine (C=N–C) groups is 3. The Morgan fingerprint density at radius 1 is 1.24 bits per heavy atom. The van der Waals surface area contributed by atoms with Crippen LogP contribution >= 0.6 is 0 Å². The molecule has 184 valence electrons. The zero-order valence-electron chi connectivity index (χ0n) is 20.5. The van der Waals surface area contributed by atoms with E-state index in [1.165, 1.54) is 30.1 Å². The molecule has 0 saturated heterocycles. The summed E-state index contributed by atoms with van der Waals surface area (Å²) in [7, 11) is 0.599. The van der Waals surface area contributed by atoms with Crippen molar-refractivity contribution in [1.82, 2.24) is 14.9 Å². The molecule has 0 heterocycles. The van der Waals surface area contributed by atoms with Crippen molar-refractivity contribution in [3.63, 3.8) is 0 Å². The average molecular weight is 481 g/mol. The van der Waals surface area contributed by atoms with Gasteiger partial charge in [0.15, 0.2) is 0 Å². The lowest BCUT2D eigenvalue weighted by Crippen LogP contribution is -2.47. The Kier molecular flexibility index (Phi) is 10.7. The molecule has 0 radical (unpaired) electrons. The first-order chi connectivity index (χ1) is 15.4. The third-order valence-electron chi connectivity index (χ3n) is 4.69. The first-order valence-corrected chi connectivity index (χ1v) is 12.0. The molecule has 0 aromatic heterocycles. The van der Waals surface area contributed by atoms with Crippen molar-refractivity contribution in [1.29, 1.82) is 0 Å². The molecule has 0 aliphatic heterocycles. The molecule has 11 heteroatoms. The van der Waals surface area contributed by atoms with E-state index in [1.54, 1.807) is 33.3 Å². The van der Waals surface area contributed by atoms with Crippen LogP contribution in [0, 0.1) is 5.41 Å². The van der Waals surface area contributed by atoms with Gasteiger partial charge in [-0.3, -0.25) is 14.8 Å². The monoisotopic (exact) mass is 480 g/mol. The molecule has 0 saturated carbocycles. The van der Waals surface area contributed by atoms with Gasteiger partial charge in [0, 0.05) is 32.9 Å². The lowest BCUT2D eigenvalue weighted by atomic mass is 9.87. The molecular formula is C22H36N6O4S. The molecule has 0 spiro atoms. The van der Waals surface area contributed by atoms with Crippen molar-refractivity contribution >= 4 is 33.9 Å². The van der Waals surface area contributed by atoms with E-state index >= 15 is 0 Å². The molecule has 1 aromatic carbocycles. The standard InChI is InChI=1S/C22H36N6O4S/c1-8-26-19(23-5)14-28(17(15-29)13-22(2,3)4)20(30)16-10-9-11-18(12-16)33(31,32)27-21(24-6)25-7/h8-12,17,29H,13-15H2,1-7H3,(H2,24,25,27)/t17-/m1/s1. The number of aliphatic hydroxyl groups is 1. The van der Waals surface area contributed by atoms with E-state index in [9.17, 15) is 18.3 Å². The molecule has 0 fully saturated rings. The van der Waals surface area contributed by atoms with Crippen LogP contribution in [-0.2, 0) is 10.0 Å². The van der Waals surface area contributed by atoms with Gasteiger partial charge in [-0.2, -0.15) is 0 Å². The Bertz CT molecular complexity index is 996. The Balaban J connectivity index is 3.44. The largest absolute Gasteiger partial charge is 0.394 e. The quantitative estimate of drug-likeness (QED) is 0.383. The molecule has 3 N–H and O–H groups in total. The summed E-state index contributed by atoms with van der Waals surface area (Å²) in [5.41, 5.74) is 0.00217. The summed E-state index contributed by atoms with van der Waals surface area (Å²) in [5.74, 6) is 0.0578. The van der Waals surface area contributed by atoms with E-state index in [2.05, 4.69) is 25.0 Å². The predicted molar refractivity (Wildman–Crippen MR) is 133 cm³/mol. The molecule has 33 heavy (non-hydrogen) atoms. The highest BCUT2D eigenvalue weighted by atomic mass is 32.2. The van der Waals surface area contributed by atoms with Crippen LogP contribution in [-0.4, -0.2) is 82.7 Å². The number of carbonyl (C=O) groups is 1. The highest BCUT2D eigenvalue weighted by Crippen LogP contribution is 2.25. The minimum atomic E-state index is -3.97. The first kappa shape index (κ1) is 28.2. The minimum Gasteiger partial charge on any atom is -0.394 e. The van der Waals surface area contributed by atoms with Crippen molar-refractivity contribution in [3.05, 3.63) is 29.8 Å². The van der Waals surface area contributed by atoms with Crippen LogP contribution in [0.4, 0.5) is 0 Å². The second kappa shape index (κ2) is 12.4. The topological polar surface area (TPSA) is 136 Å². The average Bonchev–Trinajstić information content (AvgIpc) is 2.77. The number of rotatable bonds is 8. The van der Waals surface area contributed by atoms with Crippen LogP contribution in [0.15, 0.2) is 44.1 Å². The number of carbonyl (C=O) groups excluding carboxylic acids is 1. The summed E-state index contributed by atoms with van der Waals surface area (Å²) in [6, 6.07) is 5.23. The third kappa shape index (κ3) is 8.58. The van der Waals surface area contributed by atoms with E-state index in [4.69, 9.17) is 0 Å². The van der Waals surface area contributed by atoms with Crippen LogP contribution in [0.25, 0.3) is 0 Å². The molecule has 0 aliphatic carbocycles. The van der Waals surface area contributed by atoms with Crippen LogP contribution in [0.5, 0.6) is 0 Å². The zero-order chi connectivity index (χ0) is 25.2. The summed E-state index contributed by atoms with van der Waals surface area (Å²) in [6.45, 7) is 7.62. The van der Waals surface area contributed by atoms with Gasteiger partial charge in [-0.25, -0.2) is 18.1 Å². The van der Waals surface area contributed by atoms with Crippen molar-refractivity contribution in [2.75, 3.05) is 34.3 Å².